The third-order valence-corrected chi connectivity index (χ3v) is 4.91. The molecule has 1 aromatic rings. The standard InChI is InChI=1S/C19H29N3O3.C2H6/c1-5-6-14(10-17-7-8-21(4)20-17)18(23)22-11-15(13(2)3)9-16(12-22)19(24)25;1-2/h7-8,10,13,15-16H,5-6,9,11-12H2,1-4H3,(H,24,25);1-2H3/b14-10+;. The monoisotopic (exact) mass is 377 g/mol. The van der Waals surface area contributed by atoms with E-state index in [1.807, 2.05) is 46.2 Å². The summed E-state index contributed by atoms with van der Waals surface area (Å²) in [6.45, 7) is 11.1. The molecule has 2 unspecified atom stereocenters. The molecule has 1 aliphatic heterocycles. The first-order valence-electron chi connectivity index (χ1n) is 10.0. The number of rotatable bonds is 6. The van der Waals surface area contributed by atoms with Gasteiger partial charge < -0.3 is 10.0 Å². The van der Waals surface area contributed by atoms with Crippen molar-refractivity contribution >= 4 is 18.0 Å². The summed E-state index contributed by atoms with van der Waals surface area (Å²) in [6, 6.07) is 1.87. The highest BCUT2D eigenvalue weighted by Gasteiger charge is 2.35. The Morgan fingerprint density at radius 3 is 2.48 bits per heavy atom. The fraction of sp³-hybridized carbons (Fsp3) is 0.667. The van der Waals surface area contributed by atoms with Crippen LogP contribution in [0.15, 0.2) is 17.8 Å². The molecule has 27 heavy (non-hydrogen) atoms. The van der Waals surface area contributed by atoms with Crippen LogP contribution >= 0.6 is 0 Å². The van der Waals surface area contributed by atoms with Gasteiger partial charge in [0.2, 0.25) is 5.91 Å². The average Bonchev–Trinajstić information content (AvgIpc) is 3.06. The summed E-state index contributed by atoms with van der Waals surface area (Å²) < 4.78 is 1.70. The van der Waals surface area contributed by atoms with Gasteiger partial charge in [0.05, 0.1) is 11.6 Å². The number of carboxylic acids is 1. The molecule has 0 bridgehead atoms. The molecule has 0 radical (unpaired) electrons. The van der Waals surface area contributed by atoms with E-state index in [1.54, 1.807) is 9.58 Å². The predicted molar refractivity (Wildman–Crippen MR) is 108 cm³/mol. The highest BCUT2D eigenvalue weighted by atomic mass is 16.4. The molecule has 0 spiro atoms. The van der Waals surface area contributed by atoms with Crippen LogP contribution in [0.3, 0.4) is 0 Å². The van der Waals surface area contributed by atoms with Gasteiger partial charge in [0.1, 0.15) is 0 Å². The third-order valence-electron chi connectivity index (χ3n) is 4.91. The number of carbonyl (C=O) groups is 2. The summed E-state index contributed by atoms with van der Waals surface area (Å²) in [6.07, 6.45) is 5.84. The molecule has 152 valence electrons. The highest BCUT2D eigenvalue weighted by molar-refractivity contribution is 5.98. The quantitative estimate of drug-likeness (QED) is 0.764. The molecule has 2 heterocycles. The third kappa shape index (κ3) is 6.52. The molecule has 1 saturated heterocycles. The van der Waals surface area contributed by atoms with Gasteiger partial charge in [-0.2, -0.15) is 5.10 Å². The molecular formula is C21H35N3O3. The number of hydrogen-bond acceptors (Lipinski definition) is 3. The van der Waals surface area contributed by atoms with Crippen molar-refractivity contribution in [1.82, 2.24) is 14.7 Å². The van der Waals surface area contributed by atoms with Crippen LogP contribution in [0.4, 0.5) is 0 Å². The minimum absolute atomic E-state index is 0.0518. The van der Waals surface area contributed by atoms with E-state index in [9.17, 15) is 14.7 Å². The Hall–Kier alpha value is -2.11. The second-order valence-corrected chi connectivity index (χ2v) is 7.32. The van der Waals surface area contributed by atoms with Gasteiger partial charge in [-0.05, 0) is 36.8 Å². The molecule has 1 aliphatic rings. The van der Waals surface area contributed by atoms with E-state index in [4.69, 9.17) is 0 Å². The van der Waals surface area contributed by atoms with Crippen LogP contribution in [0.1, 0.15) is 59.6 Å². The van der Waals surface area contributed by atoms with Gasteiger partial charge in [0.15, 0.2) is 0 Å². The van der Waals surface area contributed by atoms with E-state index >= 15 is 0 Å². The van der Waals surface area contributed by atoms with Gasteiger partial charge in [-0.15, -0.1) is 0 Å². The summed E-state index contributed by atoms with van der Waals surface area (Å²) in [5.41, 5.74) is 1.46. The molecule has 1 amide bonds. The summed E-state index contributed by atoms with van der Waals surface area (Å²) in [5.74, 6) is -0.774. The molecule has 6 heteroatoms. The molecule has 0 aliphatic carbocycles. The lowest BCUT2D eigenvalue weighted by Gasteiger charge is -2.38. The number of aliphatic carboxylic acids is 1. The lowest BCUT2D eigenvalue weighted by molar-refractivity contribution is -0.146. The largest absolute Gasteiger partial charge is 0.481 e. The maximum Gasteiger partial charge on any atom is 0.308 e. The number of nitrogens with zero attached hydrogens (tertiary/aromatic N) is 3. The maximum absolute atomic E-state index is 13.1. The molecule has 6 nitrogen and oxygen atoms in total. The van der Waals surface area contributed by atoms with Crippen molar-refractivity contribution < 1.29 is 14.7 Å². The van der Waals surface area contributed by atoms with Gasteiger partial charge >= 0.3 is 5.97 Å². The summed E-state index contributed by atoms with van der Waals surface area (Å²) in [4.78, 5) is 26.3. The number of likely N-dealkylation sites (tertiary alicyclic amines) is 1. The summed E-state index contributed by atoms with van der Waals surface area (Å²) >= 11 is 0. The smallest absolute Gasteiger partial charge is 0.308 e. The number of carboxylic acid groups (broad SMARTS) is 1. The van der Waals surface area contributed by atoms with Gasteiger partial charge in [-0.25, -0.2) is 0 Å². The number of aromatic nitrogens is 2. The fourth-order valence-electron chi connectivity index (χ4n) is 3.37. The van der Waals surface area contributed by atoms with Crippen LogP contribution in [0.2, 0.25) is 0 Å². The summed E-state index contributed by atoms with van der Waals surface area (Å²) in [7, 11) is 1.84. The Morgan fingerprint density at radius 2 is 2.00 bits per heavy atom. The van der Waals surface area contributed by atoms with E-state index in [0.29, 0.717) is 37.4 Å². The zero-order chi connectivity index (χ0) is 20.6. The number of piperidine rings is 1. The highest BCUT2D eigenvalue weighted by Crippen LogP contribution is 2.29. The van der Waals surface area contributed by atoms with Crippen molar-refractivity contribution in [1.29, 1.82) is 0 Å². The fourth-order valence-corrected chi connectivity index (χ4v) is 3.37. The second-order valence-electron chi connectivity index (χ2n) is 7.32. The second kappa shape index (κ2) is 10.9. The topological polar surface area (TPSA) is 75.4 Å². The number of hydrogen-bond donors (Lipinski definition) is 1. The normalized spacial score (nSPS) is 20.3. The SMILES string of the molecule is CC.CCC/C(=C\c1ccn(C)n1)C(=O)N1CC(C(=O)O)CC(C(C)C)C1. The van der Waals surface area contributed by atoms with Crippen LogP contribution in [-0.4, -0.2) is 44.8 Å². The van der Waals surface area contributed by atoms with Gasteiger partial charge in [0, 0.05) is 31.9 Å². The first-order valence-corrected chi connectivity index (χ1v) is 10.0. The molecule has 2 rings (SSSR count). The summed E-state index contributed by atoms with van der Waals surface area (Å²) in [5, 5.41) is 13.8. The molecular weight excluding hydrogens is 342 g/mol. The van der Waals surface area contributed by atoms with Gasteiger partial charge in [0.25, 0.3) is 0 Å². The van der Waals surface area contributed by atoms with Crippen LogP contribution in [-0.2, 0) is 16.6 Å². The Balaban J connectivity index is 0.00000176. The van der Waals surface area contributed by atoms with Crippen LogP contribution in [0.5, 0.6) is 0 Å². The Morgan fingerprint density at radius 1 is 1.33 bits per heavy atom. The predicted octanol–water partition coefficient (Wildman–Crippen LogP) is 3.84. The number of aryl methyl sites for hydroxylation is 1. The van der Waals surface area contributed by atoms with E-state index in [-0.39, 0.29) is 11.8 Å². The molecule has 1 aromatic heterocycles. The van der Waals surface area contributed by atoms with Crippen molar-refractivity contribution in [2.24, 2.45) is 24.8 Å². The van der Waals surface area contributed by atoms with E-state index < -0.39 is 11.9 Å². The van der Waals surface area contributed by atoms with Crippen LogP contribution in [0, 0.1) is 17.8 Å². The van der Waals surface area contributed by atoms with E-state index in [2.05, 4.69) is 18.9 Å². The minimum atomic E-state index is -0.811. The first-order chi connectivity index (χ1) is 12.8. The minimum Gasteiger partial charge on any atom is -0.481 e. The van der Waals surface area contributed by atoms with E-state index in [0.717, 1.165) is 12.1 Å². The Kier molecular flexibility index (Phi) is 9.26. The molecule has 1 fully saturated rings. The Bertz CT molecular complexity index is 649. The van der Waals surface area contributed by atoms with Gasteiger partial charge in [-0.1, -0.05) is 41.0 Å². The van der Waals surface area contributed by atoms with Crippen molar-refractivity contribution in [3.63, 3.8) is 0 Å². The molecule has 2 atom stereocenters. The maximum atomic E-state index is 13.1. The van der Waals surface area contributed by atoms with Crippen molar-refractivity contribution in [2.75, 3.05) is 13.1 Å². The van der Waals surface area contributed by atoms with Crippen LogP contribution in [0.25, 0.3) is 6.08 Å². The first kappa shape index (κ1) is 22.9. The molecule has 0 saturated carbocycles. The number of amides is 1. The Labute approximate surface area is 163 Å². The van der Waals surface area contributed by atoms with Crippen molar-refractivity contribution in [3.05, 3.63) is 23.5 Å². The lowest BCUT2D eigenvalue weighted by atomic mass is 9.82. The zero-order valence-corrected chi connectivity index (χ0v) is 17.6. The van der Waals surface area contributed by atoms with E-state index in [1.165, 1.54) is 0 Å². The molecule has 0 aromatic carbocycles. The van der Waals surface area contributed by atoms with Crippen molar-refractivity contribution in [3.8, 4) is 0 Å². The van der Waals surface area contributed by atoms with Crippen molar-refractivity contribution in [2.45, 2.75) is 53.9 Å². The molecule has 1 N–H and O–H groups in total. The average molecular weight is 378 g/mol. The van der Waals surface area contributed by atoms with Gasteiger partial charge in [-0.3, -0.25) is 14.3 Å². The zero-order valence-electron chi connectivity index (χ0n) is 17.6. The van der Waals surface area contributed by atoms with Crippen LogP contribution < -0.4 is 0 Å². The lowest BCUT2D eigenvalue weighted by Crippen LogP contribution is -2.47. The number of carbonyl (C=O) groups excluding carboxylic acids is 1.